The number of carboxylic acids is 1. The number of aromatic nitrogens is 3. The van der Waals surface area contributed by atoms with Gasteiger partial charge in [-0.15, -0.1) is 16.9 Å². The van der Waals surface area contributed by atoms with Crippen molar-refractivity contribution in [3.05, 3.63) is 67.9 Å². The van der Waals surface area contributed by atoms with Crippen molar-refractivity contribution in [2.45, 2.75) is 29.5 Å². The summed E-state index contributed by atoms with van der Waals surface area (Å²) in [6, 6.07) is 4.66. The first-order valence-corrected chi connectivity index (χ1v) is 15.9. The number of aromatic amines is 1. The van der Waals surface area contributed by atoms with E-state index in [1.165, 1.54) is 23.7 Å². The predicted octanol–water partition coefficient (Wildman–Crippen LogP) is -1.56. The van der Waals surface area contributed by atoms with Crippen molar-refractivity contribution in [3.8, 4) is 0 Å². The topological polar surface area (TPSA) is 224 Å². The van der Waals surface area contributed by atoms with Crippen LogP contribution in [0, 0.1) is 0 Å². The van der Waals surface area contributed by atoms with Crippen molar-refractivity contribution in [1.82, 2.24) is 40.1 Å². The fraction of sp³-hybridized carbons (Fsp3) is 0.370. The summed E-state index contributed by atoms with van der Waals surface area (Å²) >= 11 is 2.22. The molecule has 2 unspecified atom stereocenters. The fourth-order valence-corrected chi connectivity index (χ4v) is 7.49. The summed E-state index contributed by atoms with van der Waals surface area (Å²) in [6.07, 6.45) is 0. The highest BCUT2D eigenvalue weighted by molar-refractivity contribution is 8.01. The Kier molecular flexibility index (Phi) is 9.33. The highest BCUT2D eigenvalue weighted by Crippen LogP contribution is 2.41. The largest absolute Gasteiger partial charge is 0.477 e. The normalized spacial score (nSPS) is 20.2. The second-order valence-electron chi connectivity index (χ2n) is 10.3. The number of nitrogens with zero attached hydrogens (tertiary/aromatic N) is 5. The molecule has 0 bridgehead atoms. The van der Waals surface area contributed by atoms with Crippen LogP contribution in [0.25, 0.3) is 0 Å². The summed E-state index contributed by atoms with van der Waals surface area (Å²) in [5.74, 6) is -4.47. The zero-order chi connectivity index (χ0) is 33.3. The van der Waals surface area contributed by atoms with Gasteiger partial charge in [0.05, 0.1) is 0 Å². The van der Waals surface area contributed by atoms with Gasteiger partial charge in [-0.2, -0.15) is 0 Å². The van der Waals surface area contributed by atoms with E-state index in [1.54, 1.807) is 37.3 Å². The molecule has 19 heteroatoms. The van der Waals surface area contributed by atoms with E-state index in [0.717, 1.165) is 26.1 Å². The molecule has 3 aliphatic heterocycles. The lowest BCUT2D eigenvalue weighted by Crippen LogP contribution is -2.71. The van der Waals surface area contributed by atoms with Gasteiger partial charge in [-0.3, -0.25) is 43.1 Å². The number of nitrogens with one attached hydrogen (secondary N) is 3. The van der Waals surface area contributed by atoms with E-state index in [4.69, 9.17) is 0 Å². The number of likely N-dealkylation sites (N-methyl/N-ethyl adjacent to an activating group) is 1. The third-order valence-corrected chi connectivity index (χ3v) is 10.0. The first-order valence-electron chi connectivity index (χ1n) is 13.9. The van der Waals surface area contributed by atoms with E-state index in [2.05, 4.69) is 20.8 Å². The maximum atomic E-state index is 13.6. The molecule has 0 saturated carbocycles. The molecule has 242 valence electrons. The van der Waals surface area contributed by atoms with Crippen molar-refractivity contribution < 1.29 is 33.9 Å². The number of thioether (sulfide) groups is 2. The first-order chi connectivity index (χ1) is 21.9. The summed E-state index contributed by atoms with van der Waals surface area (Å²) < 4.78 is 1.03. The summed E-state index contributed by atoms with van der Waals surface area (Å²) in [5, 5.41) is 20.4. The van der Waals surface area contributed by atoms with Crippen LogP contribution in [0.1, 0.15) is 18.5 Å². The van der Waals surface area contributed by atoms with Crippen LogP contribution in [0.15, 0.2) is 56.3 Å². The monoisotopic (exact) mass is 672 g/mol. The lowest BCUT2D eigenvalue weighted by molar-refractivity contribution is -0.153. The van der Waals surface area contributed by atoms with Crippen molar-refractivity contribution in [1.29, 1.82) is 0 Å². The zero-order valence-electron chi connectivity index (χ0n) is 24.4. The molecule has 6 amide bonds. The molecule has 2 aromatic rings. The molecule has 17 nitrogen and oxygen atoms in total. The average molecular weight is 673 g/mol. The molecule has 0 spiro atoms. The van der Waals surface area contributed by atoms with Crippen LogP contribution in [0.3, 0.4) is 0 Å². The number of benzene rings is 1. The second-order valence-corrected chi connectivity index (χ2v) is 12.3. The zero-order valence-corrected chi connectivity index (χ0v) is 26.1. The van der Waals surface area contributed by atoms with Gasteiger partial charge in [-0.1, -0.05) is 42.1 Å². The summed E-state index contributed by atoms with van der Waals surface area (Å²) in [7, 11) is 1.35. The van der Waals surface area contributed by atoms with Gasteiger partial charge in [0.2, 0.25) is 5.91 Å². The number of imide groups is 1. The van der Waals surface area contributed by atoms with Crippen molar-refractivity contribution in [2.75, 3.05) is 31.1 Å². The number of hydrogen-bond donors (Lipinski definition) is 4. The minimum Gasteiger partial charge on any atom is -0.477 e. The van der Waals surface area contributed by atoms with Crippen LogP contribution in [0.4, 0.5) is 4.79 Å². The molecule has 2 fully saturated rings. The number of carbonyl (C=O) groups is 6. The van der Waals surface area contributed by atoms with Gasteiger partial charge in [-0.05, 0) is 18.1 Å². The molecule has 0 aliphatic carbocycles. The van der Waals surface area contributed by atoms with Gasteiger partial charge in [0, 0.05) is 38.2 Å². The minimum absolute atomic E-state index is 0.0460. The van der Waals surface area contributed by atoms with E-state index in [9.17, 15) is 43.5 Å². The number of rotatable bonds is 9. The summed E-state index contributed by atoms with van der Waals surface area (Å²) in [5.41, 5.74) is -1.28. The van der Waals surface area contributed by atoms with E-state index in [-0.39, 0.29) is 35.4 Å². The highest BCUT2D eigenvalue weighted by Gasteiger charge is 2.54. The Balaban J connectivity index is 1.31. The molecule has 4 heterocycles. The molecule has 3 aliphatic rings. The van der Waals surface area contributed by atoms with Crippen LogP contribution < -0.4 is 21.8 Å². The van der Waals surface area contributed by atoms with Gasteiger partial charge in [0.1, 0.15) is 23.2 Å². The number of urea groups is 1. The Morgan fingerprint density at radius 3 is 2.50 bits per heavy atom. The van der Waals surface area contributed by atoms with Crippen LogP contribution >= 0.6 is 23.5 Å². The standard InChI is InChI=1S/C27H28N8O9S2/c1-3-33-9-10-34(23(41)22(33)40)26(44)29-15(13-7-5-4-6-8-13)18(36)28-16-20(38)35-17(25(42)43)14(11-45-24(16)35)12-46-27-31-30-19(37)21(39)32(27)2/h4-8,15-16,24H,3,9-12H2,1-2H3,(H,28,36)(H,29,44)(H,30,37)(H,42,43)/t15?,16?,24-/m0/s1. The fourth-order valence-electron chi connectivity index (χ4n) is 5.09. The summed E-state index contributed by atoms with van der Waals surface area (Å²) in [6.45, 7) is 2.08. The third-order valence-electron chi connectivity index (χ3n) is 7.56. The first kappa shape index (κ1) is 32.5. The summed E-state index contributed by atoms with van der Waals surface area (Å²) in [4.78, 5) is 104. The second kappa shape index (κ2) is 13.2. The van der Waals surface area contributed by atoms with E-state index in [0.29, 0.717) is 17.7 Å². The number of fused-ring (bicyclic) bond motifs is 1. The number of amides is 6. The number of β-lactam (4-membered cyclic amide) rings is 1. The van der Waals surface area contributed by atoms with Gasteiger partial charge < -0.3 is 20.6 Å². The molecule has 3 atom stereocenters. The number of piperazine rings is 1. The molecular weight excluding hydrogens is 644 g/mol. The number of carbonyl (C=O) groups excluding carboxylic acids is 5. The van der Waals surface area contributed by atoms with Crippen LogP contribution in [-0.4, -0.2) is 113 Å². The smallest absolute Gasteiger partial charge is 0.352 e. The van der Waals surface area contributed by atoms with E-state index < -0.39 is 64.2 Å². The molecule has 1 aromatic heterocycles. The van der Waals surface area contributed by atoms with Gasteiger partial charge in [0.25, 0.3) is 5.91 Å². The predicted molar refractivity (Wildman–Crippen MR) is 162 cm³/mol. The van der Waals surface area contributed by atoms with Crippen molar-refractivity contribution in [3.63, 3.8) is 0 Å². The van der Waals surface area contributed by atoms with Crippen LogP contribution in [0.5, 0.6) is 0 Å². The lowest BCUT2D eigenvalue weighted by Gasteiger charge is -2.49. The Morgan fingerprint density at radius 1 is 1.11 bits per heavy atom. The molecule has 1 aromatic carbocycles. The van der Waals surface area contributed by atoms with E-state index >= 15 is 0 Å². The quantitative estimate of drug-likeness (QED) is 0.135. The Bertz CT molecular complexity index is 1780. The number of aliphatic carboxylic acids is 1. The van der Waals surface area contributed by atoms with E-state index in [1.807, 2.05) is 0 Å². The minimum atomic E-state index is -1.36. The van der Waals surface area contributed by atoms with Crippen LogP contribution in [0.2, 0.25) is 0 Å². The van der Waals surface area contributed by atoms with Gasteiger partial charge >= 0.3 is 34.9 Å². The molecule has 0 radical (unpaired) electrons. The van der Waals surface area contributed by atoms with Crippen LogP contribution in [-0.2, 0) is 31.0 Å². The Morgan fingerprint density at radius 2 is 1.83 bits per heavy atom. The highest BCUT2D eigenvalue weighted by atomic mass is 32.2. The maximum absolute atomic E-state index is 13.6. The van der Waals surface area contributed by atoms with Crippen molar-refractivity contribution in [2.24, 2.45) is 7.05 Å². The lowest BCUT2D eigenvalue weighted by atomic mass is 10.0. The molecule has 4 N–H and O–H groups in total. The SMILES string of the molecule is CCN1CCN(C(=O)NC(C(=O)NC2C(=O)N3C(C(=O)O)=C(CSc4n[nH]c(=O)c(=O)n4C)CS[C@@H]23)c2ccccc2)C(=O)C1=O. The number of carboxylic acid groups (broad SMARTS) is 1. The average Bonchev–Trinajstić information content (AvgIpc) is 3.05. The molecule has 46 heavy (non-hydrogen) atoms. The molecule has 5 rings (SSSR count). The van der Waals surface area contributed by atoms with Gasteiger partial charge in [-0.25, -0.2) is 14.7 Å². The van der Waals surface area contributed by atoms with Gasteiger partial charge in [0.15, 0.2) is 5.16 Å². The Labute approximate surface area is 268 Å². The van der Waals surface area contributed by atoms with Crippen molar-refractivity contribution >= 4 is 59.2 Å². The molecular formula is C27H28N8O9S2. The third kappa shape index (κ3) is 6.02. The maximum Gasteiger partial charge on any atom is 0.352 e. The Hall–Kier alpha value is -4.91. The number of hydrogen-bond acceptors (Lipinski definition) is 11. The number of H-pyrrole nitrogens is 1. The molecule has 2 saturated heterocycles.